The molecule has 0 saturated heterocycles. The lowest BCUT2D eigenvalue weighted by atomic mass is 9.90. The van der Waals surface area contributed by atoms with E-state index in [2.05, 4.69) is 10.4 Å². The van der Waals surface area contributed by atoms with Gasteiger partial charge in [-0.15, -0.1) is 0 Å². The van der Waals surface area contributed by atoms with Gasteiger partial charge in [-0.1, -0.05) is 29.3 Å². The summed E-state index contributed by atoms with van der Waals surface area (Å²) in [5, 5.41) is 27.9. The molecule has 3 heterocycles. The molecule has 2 aromatic carbocycles. The molecule has 1 atom stereocenters. The zero-order valence-electron chi connectivity index (χ0n) is 18.8. The van der Waals surface area contributed by atoms with E-state index >= 15 is 0 Å². The minimum absolute atomic E-state index is 0.0285. The van der Waals surface area contributed by atoms with Crippen LogP contribution in [0.5, 0.6) is 11.5 Å². The molecule has 0 aliphatic carbocycles. The van der Waals surface area contributed by atoms with Crippen molar-refractivity contribution in [1.82, 2.24) is 20.1 Å². The fourth-order valence-corrected chi connectivity index (χ4v) is 4.70. The Balaban J connectivity index is 1.46. The van der Waals surface area contributed by atoms with E-state index in [1.807, 2.05) is 23.2 Å². The van der Waals surface area contributed by atoms with Crippen molar-refractivity contribution in [3.05, 3.63) is 113 Å². The van der Waals surface area contributed by atoms with Crippen LogP contribution >= 0.6 is 23.2 Å². The number of fused-ring (bicyclic) bond motifs is 1. The van der Waals surface area contributed by atoms with Crippen molar-refractivity contribution in [2.24, 2.45) is 0 Å². The SMILES string of the molecule is O=C(O)c1nn(-c2cc(Cl)c(Oc3ccc4c(c3)CCNC4c3ccc[n+]([O-])c3)c(Cl)c2)c(=O)[nH]c1=O. The van der Waals surface area contributed by atoms with Crippen LogP contribution in [0.1, 0.15) is 33.2 Å². The van der Waals surface area contributed by atoms with Gasteiger partial charge < -0.3 is 20.4 Å². The molecule has 1 aliphatic heterocycles. The molecule has 0 spiro atoms. The quantitative estimate of drug-likeness (QED) is 0.257. The van der Waals surface area contributed by atoms with Crippen LogP contribution in [0.15, 0.2) is 64.4 Å². The summed E-state index contributed by atoms with van der Waals surface area (Å²) < 4.78 is 7.40. The Labute approximate surface area is 218 Å². The molecule has 188 valence electrons. The average Bonchev–Trinajstić information content (AvgIpc) is 2.85. The fraction of sp³-hybridized carbons (Fsp3) is 0.125. The number of pyridine rings is 1. The summed E-state index contributed by atoms with van der Waals surface area (Å²) in [7, 11) is 0. The third-order valence-corrected chi connectivity index (χ3v) is 6.34. The molecular formula is C24H17Cl2N5O6. The predicted octanol–water partition coefficient (Wildman–Crippen LogP) is 2.59. The second-order valence-corrected chi connectivity index (χ2v) is 8.97. The number of benzene rings is 2. The van der Waals surface area contributed by atoms with Gasteiger partial charge in [-0.05, 0) is 47.9 Å². The average molecular weight is 542 g/mol. The van der Waals surface area contributed by atoms with Crippen molar-refractivity contribution in [1.29, 1.82) is 0 Å². The number of carboxylic acid groups (broad SMARTS) is 1. The van der Waals surface area contributed by atoms with Crippen LogP contribution in [0.25, 0.3) is 5.69 Å². The molecule has 0 fully saturated rings. The van der Waals surface area contributed by atoms with E-state index in [0.717, 1.165) is 27.8 Å². The lowest BCUT2D eigenvalue weighted by Gasteiger charge is -2.27. The molecule has 0 bridgehead atoms. The maximum absolute atomic E-state index is 12.2. The van der Waals surface area contributed by atoms with Gasteiger partial charge in [-0.3, -0.25) is 9.78 Å². The van der Waals surface area contributed by atoms with Crippen LogP contribution in [-0.2, 0) is 6.42 Å². The van der Waals surface area contributed by atoms with Crippen LogP contribution in [0.4, 0.5) is 0 Å². The van der Waals surface area contributed by atoms with Crippen molar-refractivity contribution >= 4 is 29.2 Å². The van der Waals surface area contributed by atoms with Gasteiger partial charge in [0, 0.05) is 18.2 Å². The maximum atomic E-state index is 12.2. The van der Waals surface area contributed by atoms with Crippen molar-refractivity contribution in [3.63, 3.8) is 0 Å². The standard InChI is InChI=1S/C24H17Cl2N5O6/c25-17-9-14(31-24(35)28-22(32)20(29-31)23(33)34)10-18(26)21(17)37-15-3-4-16-12(8-15)5-6-27-19(16)13-2-1-7-30(36)11-13/h1-4,7-11,19,27H,5-6H2,(H,33,34)(H,28,32,35). The maximum Gasteiger partial charge on any atom is 0.362 e. The van der Waals surface area contributed by atoms with Crippen molar-refractivity contribution in [2.45, 2.75) is 12.5 Å². The number of nitrogens with zero attached hydrogens (tertiary/aromatic N) is 3. The monoisotopic (exact) mass is 541 g/mol. The number of H-pyrrole nitrogens is 1. The Hall–Kier alpha value is -4.19. The molecule has 11 nitrogen and oxygen atoms in total. The number of carboxylic acids is 1. The van der Waals surface area contributed by atoms with Gasteiger partial charge >= 0.3 is 11.7 Å². The Bertz CT molecular complexity index is 1650. The van der Waals surface area contributed by atoms with Crippen LogP contribution in [0, 0.1) is 5.21 Å². The number of nitrogens with one attached hydrogen (secondary N) is 2. The number of aromatic nitrogens is 4. The molecular weight excluding hydrogens is 525 g/mol. The summed E-state index contributed by atoms with van der Waals surface area (Å²) in [6, 6.07) is 11.6. The topological polar surface area (TPSA) is 153 Å². The molecule has 4 aromatic rings. The van der Waals surface area contributed by atoms with Crippen LogP contribution < -0.4 is 26.0 Å². The highest BCUT2D eigenvalue weighted by atomic mass is 35.5. The number of ether oxygens (including phenoxy) is 1. The van der Waals surface area contributed by atoms with E-state index in [1.54, 1.807) is 12.1 Å². The molecule has 37 heavy (non-hydrogen) atoms. The summed E-state index contributed by atoms with van der Waals surface area (Å²) in [4.78, 5) is 37.0. The lowest BCUT2D eigenvalue weighted by Crippen LogP contribution is -2.35. The second kappa shape index (κ2) is 9.69. The molecule has 1 aliphatic rings. The summed E-state index contributed by atoms with van der Waals surface area (Å²) in [6.07, 6.45) is 3.69. The summed E-state index contributed by atoms with van der Waals surface area (Å²) in [5.74, 6) is -1.02. The number of rotatable bonds is 5. The van der Waals surface area contributed by atoms with Gasteiger partial charge in [0.05, 0.1) is 21.8 Å². The number of aromatic carboxylic acids is 1. The van der Waals surface area contributed by atoms with Crippen molar-refractivity contribution < 1.29 is 19.4 Å². The molecule has 0 saturated carbocycles. The van der Waals surface area contributed by atoms with Gasteiger partial charge in [-0.2, -0.15) is 14.5 Å². The number of halogens is 2. The van der Waals surface area contributed by atoms with E-state index < -0.39 is 22.9 Å². The minimum atomic E-state index is -1.60. The number of aromatic amines is 1. The van der Waals surface area contributed by atoms with E-state index in [4.69, 9.17) is 33.0 Å². The highest BCUT2D eigenvalue weighted by Gasteiger charge is 2.24. The van der Waals surface area contributed by atoms with Gasteiger partial charge in [0.1, 0.15) is 5.75 Å². The van der Waals surface area contributed by atoms with Crippen molar-refractivity contribution in [2.75, 3.05) is 6.54 Å². The summed E-state index contributed by atoms with van der Waals surface area (Å²) >= 11 is 12.8. The highest BCUT2D eigenvalue weighted by molar-refractivity contribution is 6.37. The summed E-state index contributed by atoms with van der Waals surface area (Å²) in [6.45, 7) is 0.699. The first-order chi connectivity index (χ1) is 17.7. The zero-order chi connectivity index (χ0) is 26.3. The number of hydrogen-bond donors (Lipinski definition) is 3. The van der Waals surface area contributed by atoms with Crippen LogP contribution in [0.2, 0.25) is 10.0 Å². The van der Waals surface area contributed by atoms with Crippen molar-refractivity contribution in [3.8, 4) is 17.2 Å². The Morgan fingerprint density at radius 3 is 2.65 bits per heavy atom. The fourth-order valence-electron chi connectivity index (χ4n) is 4.14. The van der Waals surface area contributed by atoms with Gasteiger partial charge in [-0.25, -0.2) is 9.59 Å². The first-order valence-electron chi connectivity index (χ1n) is 10.9. The predicted molar refractivity (Wildman–Crippen MR) is 133 cm³/mol. The molecule has 3 N–H and O–H groups in total. The van der Waals surface area contributed by atoms with E-state index in [9.17, 15) is 19.6 Å². The third-order valence-electron chi connectivity index (χ3n) is 5.78. The Morgan fingerprint density at radius 1 is 1.19 bits per heavy atom. The first-order valence-corrected chi connectivity index (χ1v) is 11.7. The van der Waals surface area contributed by atoms with Crippen LogP contribution in [-0.4, -0.2) is 32.4 Å². The van der Waals surface area contributed by atoms with Crippen LogP contribution in [0.3, 0.4) is 0 Å². The molecule has 5 rings (SSSR count). The first kappa shape index (κ1) is 24.5. The van der Waals surface area contributed by atoms with Gasteiger partial charge in [0.2, 0.25) is 5.69 Å². The lowest BCUT2D eigenvalue weighted by molar-refractivity contribution is -0.605. The molecule has 1 unspecified atom stereocenters. The normalized spacial score (nSPS) is 14.7. The van der Waals surface area contributed by atoms with E-state index in [1.165, 1.54) is 24.5 Å². The molecule has 0 radical (unpaired) electrons. The highest BCUT2D eigenvalue weighted by Crippen LogP contribution is 2.39. The zero-order valence-corrected chi connectivity index (χ0v) is 20.3. The summed E-state index contributed by atoms with van der Waals surface area (Å²) in [5.41, 5.74) is -0.0546. The van der Waals surface area contributed by atoms with Gasteiger partial charge in [0.25, 0.3) is 5.56 Å². The minimum Gasteiger partial charge on any atom is -0.619 e. The molecule has 2 aromatic heterocycles. The molecule has 0 amide bonds. The van der Waals surface area contributed by atoms with Gasteiger partial charge in [0.15, 0.2) is 18.1 Å². The Kier molecular flexibility index (Phi) is 6.42. The van der Waals surface area contributed by atoms with E-state index in [-0.39, 0.29) is 27.5 Å². The largest absolute Gasteiger partial charge is 0.619 e. The number of hydrogen-bond acceptors (Lipinski definition) is 7. The molecule has 13 heteroatoms. The number of carbonyl (C=O) groups is 1. The second-order valence-electron chi connectivity index (χ2n) is 8.16. The van der Waals surface area contributed by atoms with E-state index in [0.29, 0.717) is 17.0 Å². The third kappa shape index (κ3) is 4.79. The Morgan fingerprint density at radius 2 is 1.95 bits per heavy atom. The smallest absolute Gasteiger partial charge is 0.362 e.